The van der Waals surface area contributed by atoms with Gasteiger partial charge in [0, 0.05) is 4.11 Å². The predicted octanol–water partition coefficient (Wildman–Crippen LogP) is 6.40. The summed E-state index contributed by atoms with van der Waals surface area (Å²) in [6.07, 6.45) is 17.1. The van der Waals surface area contributed by atoms with E-state index in [0.717, 1.165) is 18.6 Å². The molecule has 0 heterocycles. The first kappa shape index (κ1) is 12.4. The van der Waals surface area contributed by atoms with Gasteiger partial charge >= 0.3 is 0 Å². The van der Waals surface area contributed by atoms with Crippen molar-refractivity contribution in [1.29, 1.82) is 0 Å². The highest BCUT2D eigenvalue weighted by molar-refractivity contribution is 7.80. The average Bonchev–Trinajstić information content (AvgIpc) is 2.38. The summed E-state index contributed by atoms with van der Waals surface area (Å²) in [4.78, 5) is 0. The topological polar surface area (TPSA) is 0 Å². The second-order valence-corrected chi connectivity index (χ2v) is 5.52. The van der Waals surface area contributed by atoms with Crippen LogP contribution in [0.25, 0.3) is 0 Å². The van der Waals surface area contributed by atoms with Crippen LogP contribution >= 0.6 is 12.6 Å². The molecule has 0 N–H and O–H groups in total. The predicted molar refractivity (Wildman–Crippen MR) is 84.2 cm³/mol. The number of rotatable bonds is 14. The molecule has 0 unspecified atom stereocenters. The van der Waals surface area contributed by atoms with E-state index in [1.54, 1.807) is 0 Å². The van der Waals surface area contributed by atoms with Crippen molar-refractivity contribution in [3.8, 4) is 0 Å². The van der Waals surface area contributed by atoms with Crippen LogP contribution in [0.15, 0.2) is 0 Å². The zero-order valence-electron chi connectivity index (χ0n) is 14.6. The summed E-state index contributed by atoms with van der Waals surface area (Å²) in [5, 5.41) is 0. The summed E-state index contributed by atoms with van der Waals surface area (Å²) in [5.74, 6) is 1.03. The van der Waals surface area contributed by atoms with E-state index in [1.165, 1.54) is 70.6 Å². The van der Waals surface area contributed by atoms with Gasteiger partial charge in [-0.25, -0.2) is 0 Å². The van der Waals surface area contributed by atoms with Crippen molar-refractivity contribution in [3.05, 3.63) is 0 Å². The maximum absolute atomic E-state index is 7.13. The van der Waals surface area contributed by atoms with Gasteiger partial charge in [-0.3, -0.25) is 0 Å². The average molecular weight is 262 g/mol. The van der Waals surface area contributed by atoms with Crippen LogP contribution in [0.1, 0.15) is 101 Å². The first-order valence-corrected chi connectivity index (χ1v) is 8.30. The molecular formula is C16H34S. The second kappa shape index (κ2) is 16.4. The number of hydrogen-bond acceptors (Lipinski definition) is 1. The van der Waals surface area contributed by atoms with Gasteiger partial charge in [-0.15, -0.1) is 0 Å². The molecule has 0 radical (unpaired) electrons. The molecule has 104 valence electrons. The molecule has 0 saturated heterocycles. The Kier molecular flexibility index (Phi) is 11.9. The molecule has 17 heavy (non-hydrogen) atoms. The van der Waals surface area contributed by atoms with Gasteiger partial charge in [0.05, 0.1) is 0 Å². The van der Waals surface area contributed by atoms with Gasteiger partial charge in [-0.1, -0.05) is 90.3 Å². The van der Waals surface area contributed by atoms with Crippen LogP contribution in [0, 0.1) is 0 Å². The zero-order chi connectivity index (χ0) is 15.1. The summed E-state index contributed by atoms with van der Waals surface area (Å²) in [6.45, 7) is -1.72. The summed E-state index contributed by atoms with van der Waals surface area (Å²) in [6, 6.07) is 0. The number of unbranched alkanes of at least 4 members (excludes halogenated alkanes) is 12. The largest absolute Gasteiger partial charge is 0.179 e. The second-order valence-electron chi connectivity index (χ2n) is 5.07. The molecule has 0 amide bonds. The van der Waals surface area contributed by atoms with Crippen molar-refractivity contribution in [2.75, 3.05) is 5.75 Å². The van der Waals surface area contributed by atoms with Crippen LogP contribution in [0.5, 0.6) is 0 Å². The van der Waals surface area contributed by atoms with E-state index in [9.17, 15) is 0 Å². The van der Waals surface area contributed by atoms with Crippen LogP contribution < -0.4 is 0 Å². The quantitative estimate of drug-likeness (QED) is 0.271. The molecule has 0 rings (SSSR count). The third kappa shape index (κ3) is 16.4. The first-order chi connectivity index (χ1) is 9.56. The minimum absolute atomic E-state index is 0.389. The van der Waals surface area contributed by atoms with Gasteiger partial charge in [0.15, 0.2) is 0 Å². The van der Waals surface area contributed by atoms with Crippen LogP contribution in [-0.2, 0) is 0 Å². The minimum atomic E-state index is -1.72. The standard InChI is InChI=1S/C16H34S/c1-2-3-4-5-6-7-8-9-10-11-12-13-14-15-16-17/h17H,2-16H2,1H3/i1D3. The highest BCUT2D eigenvalue weighted by Gasteiger charge is 1.93. The van der Waals surface area contributed by atoms with Crippen molar-refractivity contribution in [1.82, 2.24) is 0 Å². The number of hydrogen-bond donors (Lipinski definition) is 1. The van der Waals surface area contributed by atoms with E-state index < -0.39 is 6.85 Å². The Morgan fingerprint density at radius 3 is 1.29 bits per heavy atom. The fraction of sp³-hybridized carbons (Fsp3) is 1.00. The molecule has 0 atom stereocenters. The van der Waals surface area contributed by atoms with E-state index in [0.29, 0.717) is 6.42 Å². The fourth-order valence-electron chi connectivity index (χ4n) is 2.18. The Labute approximate surface area is 120 Å². The minimum Gasteiger partial charge on any atom is -0.179 e. The monoisotopic (exact) mass is 261 g/mol. The molecule has 0 bridgehead atoms. The molecule has 0 aromatic heterocycles. The molecule has 1 heteroatoms. The van der Waals surface area contributed by atoms with E-state index in [-0.39, 0.29) is 0 Å². The Bertz CT molecular complexity index is 193. The van der Waals surface area contributed by atoms with Crippen LogP contribution in [0.2, 0.25) is 0 Å². The molecule has 0 aromatic rings. The molecule has 0 spiro atoms. The lowest BCUT2D eigenvalue weighted by Crippen LogP contribution is -1.83. The van der Waals surface area contributed by atoms with Crippen LogP contribution in [-0.4, -0.2) is 5.75 Å². The Hall–Kier alpha value is 0.350. The van der Waals surface area contributed by atoms with Gasteiger partial charge in [0.2, 0.25) is 0 Å². The fourth-order valence-corrected chi connectivity index (χ4v) is 2.40. The van der Waals surface area contributed by atoms with E-state index in [1.807, 2.05) is 0 Å². The molecule has 0 aliphatic rings. The normalized spacial score (nSPS) is 14.3. The van der Waals surface area contributed by atoms with E-state index in [4.69, 9.17) is 4.11 Å². The summed E-state index contributed by atoms with van der Waals surface area (Å²) < 4.78 is 21.4. The van der Waals surface area contributed by atoms with Gasteiger partial charge in [0.25, 0.3) is 0 Å². The molecule has 0 nitrogen and oxygen atoms in total. The van der Waals surface area contributed by atoms with E-state index in [2.05, 4.69) is 12.6 Å². The molecular weight excluding hydrogens is 224 g/mol. The lowest BCUT2D eigenvalue weighted by Gasteiger charge is -2.02. The highest BCUT2D eigenvalue weighted by Crippen LogP contribution is 2.12. The smallest absolute Gasteiger partial charge is 0.0230 e. The molecule has 0 fully saturated rings. The third-order valence-electron chi connectivity index (χ3n) is 3.33. The van der Waals surface area contributed by atoms with Gasteiger partial charge in [-0.2, -0.15) is 12.6 Å². The molecule has 0 aliphatic carbocycles. The Morgan fingerprint density at radius 1 is 0.588 bits per heavy atom. The van der Waals surface area contributed by atoms with Crippen molar-refractivity contribution < 1.29 is 4.11 Å². The lowest BCUT2D eigenvalue weighted by atomic mass is 10.0. The van der Waals surface area contributed by atoms with Gasteiger partial charge in [0.1, 0.15) is 0 Å². The van der Waals surface area contributed by atoms with Crippen LogP contribution in [0.3, 0.4) is 0 Å². The van der Waals surface area contributed by atoms with Crippen molar-refractivity contribution >= 4 is 12.6 Å². The molecule has 0 aromatic carbocycles. The highest BCUT2D eigenvalue weighted by atomic mass is 32.1. The maximum atomic E-state index is 7.13. The first-order valence-electron chi connectivity index (χ1n) is 9.17. The van der Waals surface area contributed by atoms with Crippen molar-refractivity contribution in [2.24, 2.45) is 0 Å². The third-order valence-corrected chi connectivity index (χ3v) is 3.65. The number of thiol groups is 1. The van der Waals surface area contributed by atoms with Gasteiger partial charge < -0.3 is 0 Å². The molecule has 0 saturated carbocycles. The maximum Gasteiger partial charge on any atom is 0.0230 e. The summed E-state index contributed by atoms with van der Waals surface area (Å²) in [5.41, 5.74) is 0. The van der Waals surface area contributed by atoms with Gasteiger partial charge in [-0.05, 0) is 12.2 Å². The van der Waals surface area contributed by atoms with Crippen molar-refractivity contribution in [2.45, 2.75) is 96.7 Å². The zero-order valence-corrected chi connectivity index (χ0v) is 12.4. The lowest BCUT2D eigenvalue weighted by molar-refractivity contribution is 0.538. The van der Waals surface area contributed by atoms with E-state index >= 15 is 0 Å². The summed E-state index contributed by atoms with van der Waals surface area (Å²) in [7, 11) is 0. The molecule has 0 aliphatic heterocycles. The Balaban J connectivity index is 2.99. The van der Waals surface area contributed by atoms with Crippen molar-refractivity contribution in [3.63, 3.8) is 0 Å². The van der Waals surface area contributed by atoms with Crippen LogP contribution in [0.4, 0.5) is 0 Å². The summed E-state index contributed by atoms with van der Waals surface area (Å²) >= 11 is 4.22. The SMILES string of the molecule is [2H]C([2H])([2H])CCCCCCCCCCCCCCCS. The Morgan fingerprint density at radius 2 is 0.941 bits per heavy atom.